The molecule has 0 spiro atoms. The quantitative estimate of drug-likeness (QED) is 0.533. The minimum absolute atomic E-state index is 0.0631. The molecule has 0 atom stereocenters. The van der Waals surface area contributed by atoms with Crippen LogP contribution >= 0.6 is 0 Å². The lowest BCUT2D eigenvalue weighted by molar-refractivity contribution is 0.0526. The minimum atomic E-state index is -4.44. The number of aryl methyl sites for hydroxylation is 2. The van der Waals surface area contributed by atoms with Crippen LogP contribution in [-0.2, 0) is 22.0 Å². The van der Waals surface area contributed by atoms with Crippen LogP contribution in [-0.4, -0.2) is 53.9 Å². The molecule has 14 heteroatoms. The van der Waals surface area contributed by atoms with E-state index in [1.807, 2.05) is 4.72 Å². The van der Waals surface area contributed by atoms with Gasteiger partial charge in [0, 0.05) is 18.8 Å². The summed E-state index contributed by atoms with van der Waals surface area (Å²) in [5.74, 6) is -0.995. The maximum absolute atomic E-state index is 12.3. The molecule has 0 unspecified atom stereocenters. The molecule has 2 aromatic rings. The van der Waals surface area contributed by atoms with Crippen LogP contribution in [0.4, 0.5) is 16.6 Å². The Kier molecular flexibility index (Phi) is 6.58. The Balaban J connectivity index is 2.16. The molecule has 13 nitrogen and oxygen atoms in total. The number of carbonyl (C=O) groups excluding carboxylic acids is 2. The van der Waals surface area contributed by atoms with E-state index in [4.69, 9.17) is 9.47 Å². The van der Waals surface area contributed by atoms with Crippen molar-refractivity contribution in [2.45, 2.75) is 20.8 Å². The van der Waals surface area contributed by atoms with E-state index in [2.05, 4.69) is 20.4 Å². The number of amides is 2. The highest BCUT2D eigenvalue weighted by atomic mass is 32.2. The monoisotopic (exact) mass is 427 g/mol. The lowest BCUT2D eigenvalue weighted by atomic mass is 10.2. The summed E-state index contributed by atoms with van der Waals surface area (Å²) in [7, 11) is -1.53. The van der Waals surface area contributed by atoms with E-state index in [1.165, 1.54) is 24.9 Å². The van der Waals surface area contributed by atoms with Crippen molar-refractivity contribution in [2.24, 2.45) is 7.05 Å². The van der Waals surface area contributed by atoms with E-state index in [0.717, 1.165) is 0 Å². The highest BCUT2D eigenvalue weighted by Gasteiger charge is 2.25. The van der Waals surface area contributed by atoms with E-state index in [9.17, 15) is 18.0 Å². The summed E-state index contributed by atoms with van der Waals surface area (Å²) < 4.78 is 39.5. The molecule has 0 saturated carbocycles. The van der Waals surface area contributed by atoms with Crippen molar-refractivity contribution >= 4 is 34.0 Å². The highest BCUT2D eigenvalue weighted by Crippen LogP contribution is 2.20. The van der Waals surface area contributed by atoms with Crippen LogP contribution in [0.25, 0.3) is 0 Å². The number of methoxy groups -OCH3 is 1. The van der Waals surface area contributed by atoms with Crippen molar-refractivity contribution in [2.75, 3.05) is 23.8 Å². The Morgan fingerprint density at radius 2 is 1.93 bits per heavy atom. The van der Waals surface area contributed by atoms with E-state index in [-0.39, 0.29) is 29.8 Å². The summed E-state index contributed by atoms with van der Waals surface area (Å²) in [5, 5.41) is 6.12. The maximum Gasteiger partial charge on any atom is 0.343 e. The molecule has 0 aliphatic carbocycles. The molecule has 2 heterocycles. The molecular formula is C15H21N7O6S. The highest BCUT2D eigenvalue weighted by molar-refractivity contribution is 7.91. The molecule has 29 heavy (non-hydrogen) atoms. The van der Waals surface area contributed by atoms with Crippen molar-refractivity contribution in [3.63, 3.8) is 0 Å². The zero-order chi connectivity index (χ0) is 21.8. The molecule has 3 N–H and O–H groups in total. The van der Waals surface area contributed by atoms with Crippen LogP contribution < -0.4 is 19.5 Å². The fourth-order valence-corrected chi connectivity index (χ4v) is 2.97. The van der Waals surface area contributed by atoms with E-state index in [1.54, 1.807) is 25.5 Å². The third-order valence-electron chi connectivity index (χ3n) is 3.54. The molecule has 0 bridgehead atoms. The number of carbonyl (C=O) groups is 2. The first-order chi connectivity index (χ1) is 13.6. The number of urea groups is 1. The second kappa shape index (κ2) is 8.72. The van der Waals surface area contributed by atoms with Crippen molar-refractivity contribution in [1.29, 1.82) is 0 Å². The smallest absolute Gasteiger partial charge is 0.343 e. The summed E-state index contributed by atoms with van der Waals surface area (Å²) in [6.45, 7) is 4.92. The van der Waals surface area contributed by atoms with E-state index >= 15 is 0 Å². The molecule has 2 amide bonds. The van der Waals surface area contributed by atoms with Gasteiger partial charge in [0.05, 0.1) is 19.4 Å². The Morgan fingerprint density at radius 3 is 2.55 bits per heavy atom. The summed E-state index contributed by atoms with van der Waals surface area (Å²) >= 11 is 0. The third-order valence-corrected chi connectivity index (χ3v) is 4.45. The molecule has 0 saturated heterocycles. The van der Waals surface area contributed by atoms with Crippen molar-refractivity contribution < 1.29 is 27.5 Å². The lowest BCUT2D eigenvalue weighted by Crippen LogP contribution is -2.39. The van der Waals surface area contributed by atoms with Crippen molar-refractivity contribution in [3.8, 4) is 5.88 Å². The second-order valence-electron chi connectivity index (χ2n) is 5.69. The summed E-state index contributed by atoms with van der Waals surface area (Å²) in [4.78, 5) is 32.0. The zero-order valence-electron chi connectivity index (χ0n) is 16.4. The predicted molar refractivity (Wildman–Crippen MR) is 102 cm³/mol. The Labute approximate surface area is 167 Å². The van der Waals surface area contributed by atoms with Gasteiger partial charge in [-0.2, -0.15) is 18.5 Å². The van der Waals surface area contributed by atoms with Gasteiger partial charge in [-0.05, 0) is 20.8 Å². The van der Waals surface area contributed by atoms with Gasteiger partial charge in [-0.15, -0.1) is 0 Å². The van der Waals surface area contributed by atoms with Crippen LogP contribution in [0.5, 0.6) is 5.88 Å². The van der Waals surface area contributed by atoms with Crippen LogP contribution in [0.3, 0.4) is 0 Å². The van der Waals surface area contributed by atoms with Gasteiger partial charge in [0.2, 0.25) is 11.8 Å². The number of anilines is 2. The molecule has 0 radical (unpaired) electrons. The van der Waals surface area contributed by atoms with Gasteiger partial charge in [0.15, 0.2) is 5.82 Å². The third kappa shape index (κ3) is 5.54. The zero-order valence-corrected chi connectivity index (χ0v) is 17.2. The Hall–Kier alpha value is -3.42. The average Bonchev–Trinajstić information content (AvgIpc) is 2.86. The van der Waals surface area contributed by atoms with Gasteiger partial charge in [-0.3, -0.25) is 10.00 Å². The lowest BCUT2D eigenvalue weighted by Gasteiger charge is -2.10. The number of nitrogens with zero attached hydrogens (tertiary/aromatic N) is 4. The Morgan fingerprint density at radius 1 is 1.24 bits per heavy atom. The largest absolute Gasteiger partial charge is 0.481 e. The number of hydrogen-bond donors (Lipinski definition) is 3. The first kappa shape index (κ1) is 21.9. The molecule has 0 aliphatic rings. The van der Waals surface area contributed by atoms with Crippen LogP contribution in [0, 0.1) is 13.8 Å². The predicted octanol–water partition coefficient (Wildman–Crippen LogP) is 0.491. The minimum Gasteiger partial charge on any atom is -0.481 e. The first-order valence-electron chi connectivity index (χ1n) is 8.28. The van der Waals surface area contributed by atoms with Crippen molar-refractivity contribution in [1.82, 2.24) is 24.5 Å². The van der Waals surface area contributed by atoms with Crippen LogP contribution in [0.2, 0.25) is 0 Å². The topological polar surface area (TPSA) is 166 Å². The average molecular weight is 427 g/mol. The van der Waals surface area contributed by atoms with Gasteiger partial charge < -0.3 is 9.47 Å². The maximum atomic E-state index is 12.3. The number of ether oxygens (including phenoxy) is 2. The molecule has 158 valence electrons. The van der Waals surface area contributed by atoms with Gasteiger partial charge in [-0.1, -0.05) is 0 Å². The summed E-state index contributed by atoms with van der Waals surface area (Å²) in [5.41, 5.74) is 0.814. The molecule has 0 fully saturated rings. The normalized spacial score (nSPS) is 10.9. The number of aromatic nitrogens is 4. The van der Waals surface area contributed by atoms with Gasteiger partial charge in [0.1, 0.15) is 5.56 Å². The standard InChI is InChI=1S/C15H21N7O6S/c1-6-28-13(23)11-9(3)22(4)19-12(11)20-29(25,26)21-15(24)18-14-16-8(2)7-10(17-14)27-5/h7H,6H2,1-5H3,(H,19,20)(H2,16,17,18,21,24). The van der Waals surface area contributed by atoms with Gasteiger partial charge in [-0.25, -0.2) is 24.0 Å². The van der Waals surface area contributed by atoms with Gasteiger partial charge in [0.25, 0.3) is 0 Å². The molecule has 2 aromatic heterocycles. The second-order valence-corrected chi connectivity index (χ2v) is 7.11. The number of nitrogens with one attached hydrogen (secondary N) is 3. The summed E-state index contributed by atoms with van der Waals surface area (Å²) in [6.07, 6.45) is 0. The molecule has 0 aliphatic heterocycles. The Bertz CT molecular complexity index is 1030. The number of rotatable bonds is 7. The molecule has 2 rings (SSSR count). The van der Waals surface area contributed by atoms with E-state index < -0.39 is 22.2 Å². The molecule has 0 aromatic carbocycles. The first-order valence-corrected chi connectivity index (χ1v) is 9.76. The number of hydrogen-bond acceptors (Lipinski definition) is 9. The van der Waals surface area contributed by atoms with Crippen molar-refractivity contribution in [3.05, 3.63) is 23.0 Å². The van der Waals surface area contributed by atoms with Gasteiger partial charge >= 0.3 is 22.2 Å². The fourth-order valence-electron chi connectivity index (χ4n) is 2.23. The fraction of sp³-hybridized carbons (Fsp3) is 0.400. The summed E-state index contributed by atoms with van der Waals surface area (Å²) in [6, 6.07) is 0.400. The SMILES string of the molecule is CCOC(=O)c1c(NS(=O)(=O)NC(=O)Nc2nc(C)cc(OC)n2)nn(C)c1C. The van der Waals surface area contributed by atoms with Crippen LogP contribution in [0.1, 0.15) is 28.7 Å². The van der Waals surface area contributed by atoms with Crippen LogP contribution in [0.15, 0.2) is 6.07 Å². The van der Waals surface area contributed by atoms with E-state index in [0.29, 0.717) is 11.4 Å². The molecular weight excluding hydrogens is 406 g/mol. The number of esters is 1.